The van der Waals surface area contributed by atoms with E-state index in [1.54, 1.807) is 0 Å². The number of hydrogen-bond acceptors (Lipinski definition) is 2. The number of ketones is 1. The second-order valence-corrected chi connectivity index (χ2v) is 6.55. The summed E-state index contributed by atoms with van der Waals surface area (Å²) < 4.78 is 0. The van der Waals surface area contributed by atoms with Crippen LogP contribution in [0.5, 0.6) is 0 Å². The molecule has 0 aromatic rings. The molecule has 0 amide bonds. The van der Waals surface area contributed by atoms with Crippen LogP contribution in [-0.2, 0) is 4.79 Å². The highest BCUT2D eigenvalue weighted by Gasteiger charge is 2.26. The Labute approximate surface area is 112 Å². The molecular formula is C16H29NO. The van der Waals surface area contributed by atoms with Gasteiger partial charge in [-0.2, -0.15) is 0 Å². The van der Waals surface area contributed by atoms with Crippen molar-refractivity contribution in [2.45, 2.75) is 58.8 Å². The van der Waals surface area contributed by atoms with Crippen molar-refractivity contribution in [2.75, 3.05) is 19.6 Å². The first-order valence-corrected chi connectivity index (χ1v) is 7.94. The summed E-state index contributed by atoms with van der Waals surface area (Å²) in [4.78, 5) is 14.7. The Balaban J connectivity index is 1.71. The van der Waals surface area contributed by atoms with Crippen LogP contribution in [0.25, 0.3) is 0 Å². The summed E-state index contributed by atoms with van der Waals surface area (Å²) >= 11 is 0. The van der Waals surface area contributed by atoms with Crippen LogP contribution in [0.3, 0.4) is 0 Å². The maximum absolute atomic E-state index is 12.3. The molecule has 2 rings (SSSR count). The predicted octanol–water partition coefficient (Wildman–Crippen LogP) is 3.50. The monoisotopic (exact) mass is 251 g/mol. The Morgan fingerprint density at radius 3 is 2.22 bits per heavy atom. The Bertz CT molecular complexity index is 260. The molecule has 2 fully saturated rings. The summed E-state index contributed by atoms with van der Waals surface area (Å²) in [7, 11) is 0. The van der Waals surface area contributed by atoms with Gasteiger partial charge >= 0.3 is 0 Å². The molecule has 2 aliphatic rings. The normalized spacial score (nSPS) is 31.4. The third kappa shape index (κ3) is 3.81. The van der Waals surface area contributed by atoms with E-state index in [1.165, 1.54) is 32.1 Å². The van der Waals surface area contributed by atoms with Crippen molar-refractivity contribution in [2.24, 2.45) is 17.8 Å². The average molecular weight is 251 g/mol. The predicted molar refractivity (Wildman–Crippen MR) is 75.6 cm³/mol. The SMILES string of the molecule is CCC1CCN(CC(=O)C2CCC(C)CC2)CC1. The quantitative estimate of drug-likeness (QED) is 0.762. The van der Waals surface area contributed by atoms with E-state index < -0.39 is 0 Å². The summed E-state index contributed by atoms with van der Waals surface area (Å²) in [6, 6.07) is 0. The molecule has 2 nitrogen and oxygen atoms in total. The van der Waals surface area contributed by atoms with Gasteiger partial charge in [0, 0.05) is 5.92 Å². The lowest BCUT2D eigenvalue weighted by molar-refractivity contribution is -0.125. The third-order valence-corrected chi connectivity index (χ3v) is 5.14. The molecule has 0 bridgehead atoms. The Hall–Kier alpha value is -0.370. The van der Waals surface area contributed by atoms with Gasteiger partial charge in [0.25, 0.3) is 0 Å². The van der Waals surface area contributed by atoms with Crippen molar-refractivity contribution >= 4 is 5.78 Å². The summed E-state index contributed by atoms with van der Waals surface area (Å²) in [5, 5.41) is 0. The first-order valence-electron chi connectivity index (χ1n) is 7.94. The molecule has 2 heteroatoms. The van der Waals surface area contributed by atoms with Crippen molar-refractivity contribution in [3.63, 3.8) is 0 Å². The van der Waals surface area contributed by atoms with Gasteiger partial charge in [-0.15, -0.1) is 0 Å². The Kier molecular flexibility index (Phi) is 5.23. The number of Topliss-reactive ketones (excluding diaryl/α,β-unsaturated/α-hetero) is 1. The fourth-order valence-electron chi connectivity index (χ4n) is 3.48. The topological polar surface area (TPSA) is 20.3 Å². The van der Waals surface area contributed by atoms with Gasteiger partial charge in [-0.3, -0.25) is 9.69 Å². The fourth-order valence-corrected chi connectivity index (χ4v) is 3.48. The highest BCUT2D eigenvalue weighted by Crippen LogP contribution is 2.29. The van der Waals surface area contributed by atoms with Crippen LogP contribution in [-0.4, -0.2) is 30.3 Å². The molecule has 0 radical (unpaired) electrons. The number of nitrogens with zero attached hydrogens (tertiary/aromatic N) is 1. The highest BCUT2D eigenvalue weighted by atomic mass is 16.1. The molecule has 104 valence electrons. The van der Waals surface area contributed by atoms with E-state index in [0.29, 0.717) is 11.7 Å². The van der Waals surface area contributed by atoms with E-state index in [2.05, 4.69) is 18.7 Å². The van der Waals surface area contributed by atoms with E-state index in [4.69, 9.17) is 0 Å². The van der Waals surface area contributed by atoms with E-state index in [-0.39, 0.29) is 0 Å². The lowest BCUT2D eigenvalue weighted by atomic mass is 9.80. The second-order valence-electron chi connectivity index (χ2n) is 6.55. The van der Waals surface area contributed by atoms with Crippen molar-refractivity contribution in [3.8, 4) is 0 Å². The van der Waals surface area contributed by atoms with Crippen LogP contribution in [0.15, 0.2) is 0 Å². The minimum atomic E-state index is 0.380. The minimum Gasteiger partial charge on any atom is -0.298 e. The number of carbonyl (C=O) groups excluding carboxylic acids is 1. The van der Waals surface area contributed by atoms with E-state index in [1.807, 2.05) is 0 Å². The second kappa shape index (κ2) is 6.70. The number of likely N-dealkylation sites (tertiary alicyclic amines) is 1. The number of hydrogen-bond donors (Lipinski definition) is 0. The zero-order chi connectivity index (χ0) is 13.0. The van der Waals surface area contributed by atoms with Gasteiger partial charge in [0.1, 0.15) is 5.78 Å². The Morgan fingerprint density at radius 1 is 1.06 bits per heavy atom. The molecule has 1 saturated heterocycles. The van der Waals surface area contributed by atoms with Gasteiger partial charge < -0.3 is 0 Å². The van der Waals surface area contributed by atoms with Gasteiger partial charge in [0.05, 0.1) is 6.54 Å². The fraction of sp³-hybridized carbons (Fsp3) is 0.938. The smallest absolute Gasteiger partial charge is 0.149 e. The summed E-state index contributed by atoms with van der Waals surface area (Å²) in [6.07, 6.45) is 8.71. The molecule has 1 aliphatic carbocycles. The maximum atomic E-state index is 12.3. The number of rotatable bonds is 4. The van der Waals surface area contributed by atoms with Crippen molar-refractivity contribution in [1.82, 2.24) is 4.90 Å². The maximum Gasteiger partial charge on any atom is 0.149 e. The van der Waals surface area contributed by atoms with Crippen LogP contribution in [0.4, 0.5) is 0 Å². The minimum absolute atomic E-state index is 0.380. The zero-order valence-corrected chi connectivity index (χ0v) is 12.2. The van der Waals surface area contributed by atoms with Gasteiger partial charge in [-0.25, -0.2) is 0 Å². The van der Waals surface area contributed by atoms with Crippen LogP contribution in [0.2, 0.25) is 0 Å². The van der Waals surface area contributed by atoms with Crippen molar-refractivity contribution in [1.29, 1.82) is 0 Å². The molecule has 0 aromatic heterocycles. The summed E-state index contributed by atoms with van der Waals surface area (Å²) in [6.45, 7) is 7.63. The van der Waals surface area contributed by atoms with Gasteiger partial charge in [-0.05, 0) is 50.6 Å². The molecule has 0 unspecified atom stereocenters. The van der Waals surface area contributed by atoms with Crippen LogP contribution >= 0.6 is 0 Å². The van der Waals surface area contributed by atoms with Gasteiger partial charge in [0.15, 0.2) is 0 Å². The zero-order valence-electron chi connectivity index (χ0n) is 12.2. The van der Waals surface area contributed by atoms with Crippen LogP contribution < -0.4 is 0 Å². The molecule has 0 aromatic carbocycles. The first kappa shape index (κ1) is 14.0. The largest absolute Gasteiger partial charge is 0.298 e. The third-order valence-electron chi connectivity index (χ3n) is 5.14. The van der Waals surface area contributed by atoms with Gasteiger partial charge in [0.2, 0.25) is 0 Å². The molecule has 0 N–H and O–H groups in total. The average Bonchev–Trinajstić information content (AvgIpc) is 2.40. The molecule has 0 spiro atoms. The van der Waals surface area contributed by atoms with E-state index in [9.17, 15) is 4.79 Å². The van der Waals surface area contributed by atoms with Crippen LogP contribution in [0.1, 0.15) is 58.8 Å². The van der Waals surface area contributed by atoms with E-state index in [0.717, 1.165) is 44.3 Å². The number of piperidine rings is 1. The molecule has 18 heavy (non-hydrogen) atoms. The summed E-state index contributed by atoms with van der Waals surface area (Å²) in [5.74, 6) is 2.66. The molecular weight excluding hydrogens is 222 g/mol. The lowest BCUT2D eigenvalue weighted by Crippen LogP contribution is -2.39. The molecule has 1 heterocycles. The standard InChI is InChI=1S/C16H29NO/c1-3-14-8-10-17(11-9-14)12-16(18)15-6-4-13(2)5-7-15/h13-15H,3-12H2,1-2H3. The number of carbonyl (C=O) groups is 1. The first-order chi connectivity index (χ1) is 8.69. The molecule has 1 saturated carbocycles. The van der Waals surface area contributed by atoms with Crippen molar-refractivity contribution in [3.05, 3.63) is 0 Å². The van der Waals surface area contributed by atoms with Gasteiger partial charge in [-0.1, -0.05) is 33.1 Å². The Morgan fingerprint density at radius 2 is 1.67 bits per heavy atom. The van der Waals surface area contributed by atoms with Crippen LogP contribution in [0, 0.1) is 17.8 Å². The molecule has 1 aliphatic heterocycles. The summed E-state index contributed by atoms with van der Waals surface area (Å²) in [5.41, 5.74) is 0. The molecule has 0 atom stereocenters. The van der Waals surface area contributed by atoms with Crippen molar-refractivity contribution < 1.29 is 4.79 Å². The lowest BCUT2D eigenvalue weighted by Gasteiger charge is -2.33. The highest BCUT2D eigenvalue weighted by molar-refractivity contribution is 5.83. The van der Waals surface area contributed by atoms with E-state index >= 15 is 0 Å².